The Morgan fingerprint density at radius 2 is 1.82 bits per heavy atom. The number of hydrogen-bond acceptors (Lipinski definition) is 5. The zero-order valence-corrected chi connectivity index (χ0v) is 19.1. The summed E-state index contributed by atoms with van der Waals surface area (Å²) in [5.74, 6) is 0.550. The molecule has 1 N–H and O–H groups in total. The molecular formula is C28H19N3O2S. The summed E-state index contributed by atoms with van der Waals surface area (Å²) in [6.45, 7) is 2.08. The van der Waals surface area contributed by atoms with Crippen LogP contribution < -0.4 is 5.63 Å². The van der Waals surface area contributed by atoms with Crippen LogP contribution in [0.15, 0.2) is 98.4 Å². The summed E-state index contributed by atoms with van der Waals surface area (Å²) >= 11 is 1.38. The molecule has 0 aliphatic rings. The molecular weight excluding hydrogens is 442 g/mol. The van der Waals surface area contributed by atoms with Crippen molar-refractivity contribution in [2.24, 2.45) is 4.99 Å². The summed E-state index contributed by atoms with van der Waals surface area (Å²) in [4.78, 5) is 25.3. The highest BCUT2D eigenvalue weighted by Gasteiger charge is 2.14. The van der Waals surface area contributed by atoms with Crippen molar-refractivity contribution < 1.29 is 4.42 Å². The molecule has 164 valence electrons. The van der Waals surface area contributed by atoms with Crippen LogP contribution in [0.1, 0.15) is 11.1 Å². The van der Waals surface area contributed by atoms with E-state index in [1.54, 1.807) is 6.07 Å². The van der Waals surface area contributed by atoms with Gasteiger partial charge >= 0.3 is 5.63 Å². The highest BCUT2D eigenvalue weighted by atomic mass is 32.1. The first-order valence-electron chi connectivity index (χ1n) is 10.9. The fraction of sp³-hybridized carbons (Fsp3) is 0.0357. The lowest BCUT2D eigenvalue weighted by atomic mass is 10.0. The quantitative estimate of drug-likeness (QED) is 0.224. The first-order chi connectivity index (χ1) is 16.7. The minimum Gasteiger partial charge on any atom is -0.422 e. The monoisotopic (exact) mass is 461 g/mol. The van der Waals surface area contributed by atoms with Gasteiger partial charge < -0.3 is 9.40 Å². The molecule has 34 heavy (non-hydrogen) atoms. The molecule has 6 heteroatoms. The number of aryl methyl sites for hydroxylation is 1. The van der Waals surface area contributed by atoms with Gasteiger partial charge in [0.2, 0.25) is 0 Å². The van der Waals surface area contributed by atoms with Gasteiger partial charge in [-0.1, -0.05) is 60.2 Å². The van der Waals surface area contributed by atoms with Crippen LogP contribution in [-0.4, -0.2) is 16.2 Å². The lowest BCUT2D eigenvalue weighted by molar-refractivity contribution is 0.563. The van der Waals surface area contributed by atoms with Crippen LogP contribution in [0.4, 0.5) is 5.82 Å². The van der Waals surface area contributed by atoms with Crippen LogP contribution in [0.3, 0.4) is 0 Å². The molecule has 0 unspecified atom stereocenters. The zero-order chi connectivity index (χ0) is 23.1. The molecule has 0 radical (unpaired) electrons. The zero-order valence-electron chi connectivity index (χ0n) is 18.3. The van der Waals surface area contributed by atoms with E-state index in [2.05, 4.69) is 52.2 Å². The molecule has 0 aliphatic heterocycles. The highest BCUT2D eigenvalue weighted by molar-refractivity contribution is 7.13. The predicted octanol–water partition coefficient (Wildman–Crippen LogP) is 7.12. The number of benzene rings is 3. The van der Waals surface area contributed by atoms with E-state index < -0.39 is 5.63 Å². The van der Waals surface area contributed by atoms with Crippen molar-refractivity contribution >= 4 is 45.2 Å². The Labute approximate surface area is 199 Å². The number of aromatic amines is 1. The molecule has 0 saturated heterocycles. The van der Waals surface area contributed by atoms with Crippen molar-refractivity contribution in [2.45, 2.75) is 6.92 Å². The van der Waals surface area contributed by atoms with Crippen LogP contribution in [-0.2, 0) is 0 Å². The van der Waals surface area contributed by atoms with Crippen LogP contribution in [0.5, 0.6) is 0 Å². The topological polar surface area (TPSA) is 71.2 Å². The molecule has 0 atom stereocenters. The molecule has 6 rings (SSSR count). The number of nitrogens with zero attached hydrogens (tertiary/aromatic N) is 2. The average Bonchev–Trinajstić information content (AvgIpc) is 3.47. The molecule has 0 saturated carbocycles. The fourth-order valence-electron chi connectivity index (χ4n) is 4.08. The third-order valence-electron chi connectivity index (χ3n) is 5.75. The van der Waals surface area contributed by atoms with E-state index >= 15 is 0 Å². The summed E-state index contributed by atoms with van der Waals surface area (Å²) in [5.41, 5.74) is 5.94. The molecule has 0 bridgehead atoms. The summed E-state index contributed by atoms with van der Waals surface area (Å²) in [6.07, 6.45) is 1.85. The van der Waals surface area contributed by atoms with Crippen molar-refractivity contribution in [2.75, 3.05) is 0 Å². The largest absolute Gasteiger partial charge is 0.422 e. The van der Waals surface area contributed by atoms with E-state index in [0.29, 0.717) is 22.0 Å². The minimum absolute atomic E-state index is 0.401. The minimum atomic E-state index is -0.401. The van der Waals surface area contributed by atoms with Crippen molar-refractivity contribution in [3.8, 4) is 21.8 Å². The molecule has 5 nitrogen and oxygen atoms in total. The van der Waals surface area contributed by atoms with Gasteiger partial charge in [0.15, 0.2) is 5.82 Å². The third-order valence-corrected chi connectivity index (χ3v) is 6.61. The molecule has 3 aromatic carbocycles. The number of aromatic nitrogens is 2. The second kappa shape index (κ2) is 8.24. The summed E-state index contributed by atoms with van der Waals surface area (Å²) in [6, 6.07) is 25.8. The third kappa shape index (κ3) is 3.64. The van der Waals surface area contributed by atoms with Crippen molar-refractivity contribution in [1.29, 1.82) is 0 Å². The summed E-state index contributed by atoms with van der Waals surface area (Å²) in [5, 5.41) is 4.40. The van der Waals surface area contributed by atoms with Gasteiger partial charge in [0.05, 0.1) is 11.3 Å². The fourth-order valence-corrected chi connectivity index (χ4v) is 4.83. The van der Waals surface area contributed by atoms with E-state index in [1.165, 1.54) is 16.9 Å². The number of aliphatic imine (C=N–C) groups is 1. The molecule has 0 fully saturated rings. The van der Waals surface area contributed by atoms with E-state index in [9.17, 15) is 4.79 Å². The van der Waals surface area contributed by atoms with E-state index in [4.69, 9.17) is 4.42 Å². The second-order valence-electron chi connectivity index (χ2n) is 8.08. The molecule has 0 amide bonds. The Morgan fingerprint density at radius 3 is 2.71 bits per heavy atom. The van der Waals surface area contributed by atoms with E-state index in [1.807, 2.05) is 54.1 Å². The van der Waals surface area contributed by atoms with Crippen LogP contribution in [0.2, 0.25) is 0 Å². The molecule has 3 aromatic heterocycles. The number of fused-ring (bicyclic) bond motifs is 2. The van der Waals surface area contributed by atoms with Gasteiger partial charge in [0, 0.05) is 33.4 Å². The van der Waals surface area contributed by atoms with Crippen molar-refractivity contribution in [1.82, 2.24) is 9.97 Å². The van der Waals surface area contributed by atoms with Crippen LogP contribution in [0, 0.1) is 6.92 Å². The number of thiazole rings is 1. The Morgan fingerprint density at radius 1 is 1.00 bits per heavy atom. The number of H-pyrrole nitrogens is 1. The highest BCUT2D eigenvalue weighted by Crippen LogP contribution is 2.31. The maximum Gasteiger partial charge on any atom is 0.346 e. The SMILES string of the molecule is Cc1ccc2[nH]c(-c3ccccc3)c(/C=N/c3csc(-c4cc5ccccc5oc4=O)n3)c2c1. The first kappa shape index (κ1) is 20.3. The number of rotatable bonds is 4. The number of nitrogens with one attached hydrogen (secondary N) is 1. The summed E-state index contributed by atoms with van der Waals surface area (Å²) in [7, 11) is 0. The molecule has 0 aliphatic carbocycles. The van der Waals surface area contributed by atoms with E-state index in [0.717, 1.165) is 33.1 Å². The van der Waals surface area contributed by atoms with E-state index in [-0.39, 0.29) is 0 Å². The van der Waals surface area contributed by atoms with Gasteiger partial charge in [-0.3, -0.25) is 0 Å². The smallest absolute Gasteiger partial charge is 0.346 e. The molecule has 6 aromatic rings. The van der Waals surface area contributed by atoms with Crippen LogP contribution in [0.25, 0.3) is 43.7 Å². The van der Waals surface area contributed by atoms with Gasteiger partial charge in [-0.05, 0) is 36.8 Å². The van der Waals surface area contributed by atoms with Crippen molar-refractivity contribution in [3.63, 3.8) is 0 Å². The van der Waals surface area contributed by atoms with Gasteiger partial charge in [-0.25, -0.2) is 14.8 Å². The molecule has 0 spiro atoms. The van der Waals surface area contributed by atoms with Gasteiger partial charge in [-0.15, -0.1) is 11.3 Å². The second-order valence-corrected chi connectivity index (χ2v) is 8.94. The lowest BCUT2D eigenvalue weighted by Gasteiger charge is -2.00. The lowest BCUT2D eigenvalue weighted by Crippen LogP contribution is -2.02. The standard InChI is InChI=1S/C28H19N3O2S/c1-17-11-12-23-20(13-17)22(26(30-23)18-7-3-2-4-8-18)15-29-25-16-34-27(31-25)21-14-19-9-5-6-10-24(19)33-28(21)32/h2-16,30H,1H3/b29-15+. The Bertz CT molecular complexity index is 1740. The maximum absolute atomic E-state index is 12.5. The van der Waals surface area contributed by atoms with Crippen molar-refractivity contribution in [3.05, 3.63) is 106 Å². The predicted molar refractivity (Wildman–Crippen MR) is 139 cm³/mol. The normalized spacial score (nSPS) is 11.7. The number of para-hydroxylation sites is 1. The Balaban J connectivity index is 1.41. The Hall–Kier alpha value is -4.29. The average molecular weight is 462 g/mol. The van der Waals surface area contributed by atoms with Gasteiger partial charge in [0.1, 0.15) is 10.6 Å². The van der Waals surface area contributed by atoms with Crippen LogP contribution >= 0.6 is 11.3 Å². The first-order valence-corrected chi connectivity index (χ1v) is 11.7. The summed E-state index contributed by atoms with van der Waals surface area (Å²) < 4.78 is 5.47. The Kier molecular flexibility index (Phi) is 4.93. The number of hydrogen-bond donors (Lipinski definition) is 1. The maximum atomic E-state index is 12.5. The molecule has 3 heterocycles. The van der Waals surface area contributed by atoms with Gasteiger partial charge in [-0.2, -0.15) is 0 Å². The van der Waals surface area contributed by atoms with Gasteiger partial charge in [0.25, 0.3) is 0 Å².